The number of benzene rings is 3. The number of aryl methyl sites for hydroxylation is 1. The lowest BCUT2D eigenvalue weighted by Crippen LogP contribution is -2.62. The molecule has 7 rings (SSSR count). The lowest BCUT2D eigenvalue weighted by molar-refractivity contribution is -0.137. The van der Waals surface area contributed by atoms with Crippen molar-refractivity contribution in [3.8, 4) is 0 Å². The normalized spacial score (nSPS) is 27.7. The zero-order valence-electron chi connectivity index (χ0n) is 26.8. The highest BCUT2D eigenvalue weighted by Crippen LogP contribution is 2.60. The Kier molecular flexibility index (Phi) is 8.55. The number of methoxy groups -OCH3 is 1. The number of para-hydroxylation sites is 1. The molecule has 2 aliphatic carbocycles. The van der Waals surface area contributed by atoms with Crippen molar-refractivity contribution in [2.45, 2.75) is 74.8 Å². The van der Waals surface area contributed by atoms with Crippen LogP contribution in [0.5, 0.6) is 0 Å². The first-order valence-electron chi connectivity index (χ1n) is 16.7. The molecule has 0 unspecified atom stereocenters. The third-order valence-electron chi connectivity index (χ3n) is 11.1. The molecule has 1 spiro atoms. The van der Waals surface area contributed by atoms with E-state index >= 15 is 0 Å². The molecule has 8 heteroatoms. The maximum Gasteiger partial charge on any atom is 0.335 e. The number of esters is 1. The van der Waals surface area contributed by atoms with Crippen molar-refractivity contribution in [2.75, 3.05) is 25.6 Å². The molecule has 0 aromatic heterocycles. The van der Waals surface area contributed by atoms with Crippen LogP contribution in [-0.2, 0) is 35.8 Å². The van der Waals surface area contributed by atoms with Gasteiger partial charge in [0.2, 0.25) is 0 Å². The fraction of sp³-hybridized carbons (Fsp3) is 0.447. The van der Waals surface area contributed by atoms with E-state index in [1.165, 1.54) is 18.2 Å². The van der Waals surface area contributed by atoms with E-state index in [2.05, 4.69) is 64.8 Å². The summed E-state index contributed by atoms with van der Waals surface area (Å²) in [5.74, 6) is 0.0884. The summed E-state index contributed by atoms with van der Waals surface area (Å²) in [5.41, 5.74) is 5.95. The van der Waals surface area contributed by atoms with Crippen molar-refractivity contribution in [1.29, 1.82) is 0 Å². The lowest BCUT2D eigenvalue weighted by Gasteiger charge is -2.57. The van der Waals surface area contributed by atoms with Crippen LogP contribution in [0.1, 0.15) is 61.6 Å². The van der Waals surface area contributed by atoms with Gasteiger partial charge < -0.3 is 10.1 Å². The highest BCUT2D eigenvalue weighted by atomic mass is 32.2. The van der Waals surface area contributed by atoms with Gasteiger partial charge in [-0.25, -0.2) is 4.79 Å². The number of rotatable bonds is 8. The number of nitrogens with one attached hydrogen (secondary N) is 1. The average molecular weight is 641 g/mol. The second kappa shape index (κ2) is 12.6. The monoisotopic (exact) mass is 640 g/mol. The Hall–Kier alpha value is -3.46. The Balaban J connectivity index is 1.30. The number of fused-ring (bicyclic) bond motifs is 1. The minimum atomic E-state index is -3.89. The molecule has 0 radical (unpaired) electrons. The minimum absolute atomic E-state index is 0.0570. The van der Waals surface area contributed by atoms with E-state index in [9.17, 15) is 13.2 Å². The maximum absolute atomic E-state index is 13.6. The van der Waals surface area contributed by atoms with E-state index in [1.54, 1.807) is 24.3 Å². The molecule has 1 saturated carbocycles. The van der Waals surface area contributed by atoms with Crippen molar-refractivity contribution in [3.63, 3.8) is 0 Å². The van der Waals surface area contributed by atoms with Crippen LogP contribution in [0.2, 0.25) is 0 Å². The van der Waals surface area contributed by atoms with E-state index in [0.29, 0.717) is 6.42 Å². The molecule has 2 fully saturated rings. The van der Waals surface area contributed by atoms with Gasteiger partial charge in [-0.2, -0.15) is 8.42 Å². The van der Waals surface area contributed by atoms with Crippen LogP contribution < -0.4 is 5.32 Å². The summed E-state index contributed by atoms with van der Waals surface area (Å²) in [4.78, 5) is 16.5. The molecule has 0 amide bonds. The quantitative estimate of drug-likeness (QED) is 0.210. The highest BCUT2D eigenvalue weighted by Gasteiger charge is 2.60. The van der Waals surface area contributed by atoms with Crippen molar-refractivity contribution in [2.24, 2.45) is 17.8 Å². The minimum Gasteiger partial charge on any atom is -0.466 e. The van der Waals surface area contributed by atoms with Gasteiger partial charge >= 0.3 is 5.97 Å². The molecule has 1 N–H and O–H groups in total. The van der Waals surface area contributed by atoms with Gasteiger partial charge in [0.05, 0.1) is 29.6 Å². The van der Waals surface area contributed by atoms with E-state index in [1.807, 2.05) is 6.92 Å². The molecule has 3 aromatic carbocycles. The second-order valence-electron chi connectivity index (χ2n) is 13.6. The van der Waals surface area contributed by atoms with Crippen LogP contribution in [0.4, 0.5) is 5.69 Å². The first-order chi connectivity index (χ1) is 22.3. The molecule has 46 heavy (non-hydrogen) atoms. The van der Waals surface area contributed by atoms with Crippen LogP contribution >= 0.6 is 0 Å². The Morgan fingerprint density at radius 2 is 1.67 bits per heavy atom. The molecule has 4 aliphatic rings. The summed E-state index contributed by atoms with van der Waals surface area (Å²) >= 11 is 0. The van der Waals surface area contributed by atoms with Gasteiger partial charge in [-0.1, -0.05) is 79.1 Å². The SMILES string of the molecule is COC(=O)C1=C2Nc3ccccc3[C@]23CCCN(Cc2ccccc2)[C@@H]3[C@@H]([C@@H]2CCCC[C@@H]2COS(=O)(=O)c2ccc(C)cc2)C1. The predicted molar refractivity (Wildman–Crippen MR) is 179 cm³/mol. The molecule has 2 aliphatic heterocycles. The smallest absolute Gasteiger partial charge is 0.335 e. The first-order valence-corrected chi connectivity index (χ1v) is 18.1. The third-order valence-corrected chi connectivity index (χ3v) is 12.4. The summed E-state index contributed by atoms with van der Waals surface area (Å²) in [6, 6.07) is 26.2. The summed E-state index contributed by atoms with van der Waals surface area (Å²) < 4.78 is 37.9. The van der Waals surface area contributed by atoms with Gasteiger partial charge in [0.25, 0.3) is 10.1 Å². The molecular formula is C38H44N2O5S. The van der Waals surface area contributed by atoms with Crippen molar-refractivity contribution >= 4 is 21.8 Å². The lowest BCUT2D eigenvalue weighted by atomic mass is 9.54. The molecule has 7 nitrogen and oxygen atoms in total. The number of carbonyl (C=O) groups is 1. The fourth-order valence-electron chi connectivity index (χ4n) is 9.17. The largest absolute Gasteiger partial charge is 0.466 e. The molecule has 2 heterocycles. The molecular weight excluding hydrogens is 596 g/mol. The Labute approximate surface area is 273 Å². The highest BCUT2D eigenvalue weighted by molar-refractivity contribution is 7.86. The second-order valence-corrected chi connectivity index (χ2v) is 15.2. The zero-order chi connectivity index (χ0) is 31.9. The number of hydrogen-bond donors (Lipinski definition) is 1. The summed E-state index contributed by atoms with van der Waals surface area (Å²) in [7, 11) is -2.42. The van der Waals surface area contributed by atoms with Gasteiger partial charge in [-0.05, 0) is 92.7 Å². The van der Waals surface area contributed by atoms with Crippen LogP contribution in [0.15, 0.2) is 95.0 Å². The van der Waals surface area contributed by atoms with Crippen LogP contribution in [-0.4, -0.2) is 45.6 Å². The molecule has 0 bridgehead atoms. The topological polar surface area (TPSA) is 84.9 Å². The van der Waals surface area contributed by atoms with E-state index in [4.69, 9.17) is 8.92 Å². The van der Waals surface area contributed by atoms with Crippen LogP contribution in [0.3, 0.4) is 0 Å². The Bertz CT molecular complexity index is 1720. The van der Waals surface area contributed by atoms with Gasteiger partial charge in [0.1, 0.15) is 0 Å². The number of carbonyl (C=O) groups excluding carboxylic acids is 1. The van der Waals surface area contributed by atoms with E-state index in [0.717, 1.165) is 74.1 Å². The third kappa shape index (κ3) is 5.48. The maximum atomic E-state index is 13.6. The van der Waals surface area contributed by atoms with Crippen molar-refractivity contribution in [3.05, 3.63) is 107 Å². The standard InChI is InChI=1S/C38H44N2O5S/c1-26-17-19-29(20-18-26)46(42,43)45-25-28-13-6-7-14-30(28)31-23-32(37(41)44-2)35-38(33-15-8-9-16-34(33)39-35)21-10-22-40(36(31)38)24-27-11-4-3-5-12-27/h3-5,8-9,11-12,15-20,28,30-31,36,39H,6-7,10,13-14,21-25H2,1-2H3/t28-,30-,31-,36-,38-/m1/s1. The van der Waals surface area contributed by atoms with E-state index < -0.39 is 10.1 Å². The van der Waals surface area contributed by atoms with Crippen LogP contribution in [0, 0.1) is 24.7 Å². The predicted octanol–water partition coefficient (Wildman–Crippen LogP) is 6.98. The van der Waals surface area contributed by atoms with Gasteiger partial charge in [-0.15, -0.1) is 0 Å². The summed E-state index contributed by atoms with van der Waals surface area (Å²) in [6.07, 6.45) is 6.55. The number of anilines is 1. The number of hydrogen-bond acceptors (Lipinski definition) is 7. The van der Waals surface area contributed by atoms with Crippen molar-refractivity contribution < 1.29 is 22.1 Å². The molecule has 5 atom stereocenters. The zero-order valence-corrected chi connectivity index (χ0v) is 27.6. The Morgan fingerprint density at radius 1 is 0.935 bits per heavy atom. The summed E-state index contributed by atoms with van der Waals surface area (Å²) in [6.45, 7) is 3.88. The molecule has 242 valence electrons. The van der Waals surface area contributed by atoms with E-state index in [-0.39, 0.29) is 46.7 Å². The van der Waals surface area contributed by atoms with Gasteiger partial charge in [0.15, 0.2) is 0 Å². The molecule has 1 saturated heterocycles. The van der Waals surface area contributed by atoms with Crippen molar-refractivity contribution in [1.82, 2.24) is 4.90 Å². The number of ether oxygens (including phenoxy) is 1. The fourth-order valence-corrected chi connectivity index (χ4v) is 10.1. The number of likely N-dealkylation sites (tertiary alicyclic amines) is 1. The average Bonchev–Trinajstić information content (AvgIpc) is 3.41. The van der Waals surface area contributed by atoms with Gasteiger partial charge in [-0.3, -0.25) is 9.08 Å². The summed E-state index contributed by atoms with van der Waals surface area (Å²) in [5, 5.41) is 3.73. The number of nitrogens with zero attached hydrogens (tertiary/aromatic N) is 1. The first kappa shape index (κ1) is 31.2. The number of piperidine rings is 1. The Morgan fingerprint density at radius 3 is 2.46 bits per heavy atom. The van der Waals surface area contributed by atoms with Crippen LogP contribution in [0.25, 0.3) is 0 Å². The van der Waals surface area contributed by atoms with Gasteiger partial charge in [0, 0.05) is 24.0 Å². The molecule has 3 aromatic rings.